The summed E-state index contributed by atoms with van der Waals surface area (Å²) in [6, 6.07) is 5.56. The van der Waals surface area contributed by atoms with Crippen LogP contribution in [0.2, 0.25) is 0 Å². The maximum absolute atomic E-state index is 11.8. The molecular formula is C13H14O4. The predicted octanol–water partition coefficient (Wildman–Crippen LogP) is 1.87. The highest BCUT2D eigenvalue weighted by Crippen LogP contribution is 2.42. The molecule has 0 aromatic heterocycles. The van der Waals surface area contributed by atoms with Crippen LogP contribution in [0.5, 0.6) is 5.75 Å². The van der Waals surface area contributed by atoms with Gasteiger partial charge in [0.1, 0.15) is 5.75 Å². The van der Waals surface area contributed by atoms with Gasteiger partial charge in [0.25, 0.3) is 0 Å². The monoisotopic (exact) mass is 234 g/mol. The molecule has 1 aromatic rings. The molecule has 1 saturated heterocycles. The van der Waals surface area contributed by atoms with E-state index in [0.717, 1.165) is 17.7 Å². The lowest BCUT2D eigenvalue weighted by molar-refractivity contribution is -0.179. The minimum atomic E-state index is -0.518. The summed E-state index contributed by atoms with van der Waals surface area (Å²) in [6.45, 7) is 3.62. The maximum Gasteiger partial charge on any atom is 0.339 e. The Morgan fingerprint density at radius 1 is 1.41 bits per heavy atom. The first-order chi connectivity index (χ1) is 8.25. The summed E-state index contributed by atoms with van der Waals surface area (Å²) in [7, 11) is 0. The molecule has 4 heteroatoms. The smallest absolute Gasteiger partial charge is 0.339 e. The van der Waals surface area contributed by atoms with Crippen molar-refractivity contribution in [2.45, 2.75) is 18.9 Å². The van der Waals surface area contributed by atoms with Gasteiger partial charge in [-0.15, -0.1) is 0 Å². The number of ether oxygens (including phenoxy) is 3. The van der Waals surface area contributed by atoms with Gasteiger partial charge in [0.05, 0.1) is 25.4 Å². The Kier molecular flexibility index (Phi) is 2.33. The summed E-state index contributed by atoms with van der Waals surface area (Å²) in [5.74, 6) is 0.449. The quantitative estimate of drug-likeness (QED) is 0.749. The fourth-order valence-electron chi connectivity index (χ4n) is 2.19. The van der Waals surface area contributed by atoms with Crippen LogP contribution < -0.4 is 4.74 Å². The number of hydrogen-bond donors (Lipinski definition) is 0. The highest BCUT2D eigenvalue weighted by Gasteiger charge is 2.51. The Balaban J connectivity index is 1.93. The van der Waals surface area contributed by atoms with E-state index < -0.39 is 5.60 Å². The molecule has 2 heterocycles. The van der Waals surface area contributed by atoms with Gasteiger partial charge in [-0.05, 0) is 18.6 Å². The highest BCUT2D eigenvalue weighted by atomic mass is 16.6. The van der Waals surface area contributed by atoms with Crippen LogP contribution in [0.1, 0.15) is 29.3 Å². The van der Waals surface area contributed by atoms with Crippen molar-refractivity contribution >= 4 is 5.97 Å². The topological polar surface area (TPSA) is 44.8 Å². The number of hydrogen-bond acceptors (Lipinski definition) is 4. The van der Waals surface area contributed by atoms with Crippen LogP contribution >= 0.6 is 0 Å². The van der Waals surface area contributed by atoms with E-state index >= 15 is 0 Å². The molecule has 2 aliphatic heterocycles. The van der Waals surface area contributed by atoms with Gasteiger partial charge < -0.3 is 14.2 Å². The van der Waals surface area contributed by atoms with E-state index in [2.05, 4.69) is 0 Å². The molecule has 0 N–H and O–H groups in total. The van der Waals surface area contributed by atoms with E-state index in [4.69, 9.17) is 14.2 Å². The van der Waals surface area contributed by atoms with Gasteiger partial charge in [0.15, 0.2) is 5.60 Å². The summed E-state index contributed by atoms with van der Waals surface area (Å²) in [4.78, 5) is 11.8. The molecule has 90 valence electrons. The van der Waals surface area contributed by atoms with Crippen molar-refractivity contribution in [1.29, 1.82) is 0 Å². The first kappa shape index (κ1) is 10.6. The van der Waals surface area contributed by atoms with Crippen molar-refractivity contribution in [3.05, 3.63) is 29.3 Å². The molecular weight excluding hydrogens is 220 g/mol. The zero-order valence-corrected chi connectivity index (χ0v) is 9.69. The van der Waals surface area contributed by atoms with Crippen LogP contribution in [0, 0.1) is 0 Å². The van der Waals surface area contributed by atoms with E-state index in [-0.39, 0.29) is 5.97 Å². The largest absolute Gasteiger partial charge is 0.494 e. The Morgan fingerprint density at radius 3 is 2.88 bits per heavy atom. The Hall–Kier alpha value is -1.55. The zero-order chi connectivity index (χ0) is 11.9. The van der Waals surface area contributed by atoms with Gasteiger partial charge in [0, 0.05) is 5.56 Å². The minimum Gasteiger partial charge on any atom is -0.494 e. The number of esters is 1. The summed E-state index contributed by atoms with van der Waals surface area (Å²) in [5.41, 5.74) is 1.02. The molecule has 4 nitrogen and oxygen atoms in total. The van der Waals surface area contributed by atoms with Crippen molar-refractivity contribution in [3.63, 3.8) is 0 Å². The maximum atomic E-state index is 11.8. The van der Waals surface area contributed by atoms with Gasteiger partial charge in [-0.1, -0.05) is 13.0 Å². The molecule has 0 aliphatic carbocycles. The SMILES string of the molecule is CCCOc1ccc2c(c1)C(=O)OC21COC1. The standard InChI is InChI=1S/C13H14O4/c1-2-5-16-9-3-4-11-10(6-9)12(14)17-13(11)7-15-8-13/h3-4,6H,2,5,7-8H2,1H3. The molecule has 3 rings (SSSR count). The van der Waals surface area contributed by atoms with Crippen LogP contribution in [0.15, 0.2) is 18.2 Å². The third kappa shape index (κ3) is 1.52. The molecule has 0 saturated carbocycles. The molecule has 1 aromatic carbocycles. The second-order valence-corrected chi connectivity index (χ2v) is 4.43. The molecule has 0 amide bonds. The van der Waals surface area contributed by atoms with Crippen molar-refractivity contribution < 1.29 is 19.0 Å². The summed E-state index contributed by atoms with van der Waals surface area (Å²) >= 11 is 0. The normalized spacial score (nSPS) is 19.7. The molecule has 0 bridgehead atoms. The van der Waals surface area contributed by atoms with E-state index in [1.807, 2.05) is 19.1 Å². The molecule has 0 radical (unpaired) electrons. The minimum absolute atomic E-state index is 0.273. The van der Waals surface area contributed by atoms with Gasteiger partial charge >= 0.3 is 5.97 Å². The van der Waals surface area contributed by atoms with Crippen molar-refractivity contribution in [1.82, 2.24) is 0 Å². The van der Waals surface area contributed by atoms with Crippen molar-refractivity contribution in [2.75, 3.05) is 19.8 Å². The fraction of sp³-hybridized carbons (Fsp3) is 0.462. The fourth-order valence-corrected chi connectivity index (χ4v) is 2.19. The van der Waals surface area contributed by atoms with E-state index in [0.29, 0.717) is 25.4 Å². The van der Waals surface area contributed by atoms with Gasteiger partial charge in [-0.25, -0.2) is 4.79 Å². The lowest BCUT2D eigenvalue weighted by Gasteiger charge is -2.36. The first-order valence-electron chi connectivity index (χ1n) is 5.83. The third-order valence-electron chi connectivity index (χ3n) is 3.13. The van der Waals surface area contributed by atoms with Crippen molar-refractivity contribution in [3.8, 4) is 5.75 Å². The average molecular weight is 234 g/mol. The second kappa shape index (κ2) is 3.74. The molecule has 1 spiro atoms. The Labute approximate surface area is 99.5 Å². The number of carbonyl (C=O) groups is 1. The molecule has 2 aliphatic rings. The summed E-state index contributed by atoms with van der Waals surface area (Å²) in [6.07, 6.45) is 0.944. The van der Waals surface area contributed by atoms with E-state index in [1.165, 1.54) is 0 Å². The van der Waals surface area contributed by atoms with Crippen LogP contribution in [-0.4, -0.2) is 25.8 Å². The lowest BCUT2D eigenvalue weighted by atomic mass is 9.90. The van der Waals surface area contributed by atoms with Crippen molar-refractivity contribution in [2.24, 2.45) is 0 Å². The lowest BCUT2D eigenvalue weighted by Crippen LogP contribution is -2.46. The van der Waals surface area contributed by atoms with Crippen LogP contribution in [0.25, 0.3) is 0 Å². The summed E-state index contributed by atoms with van der Waals surface area (Å²) in [5, 5.41) is 0. The Morgan fingerprint density at radius 2 is 2.24 bits per heavy atom. The number of rotatable bonds is 3. The van der Waals surface area contributed by atoms with Crippen LogP contribution in [0.3, 0.4) is 0 Å². The van der Waals surface area contributed by atoms with Gasteiger partial charge in [-0.2, -0.15) is 0 Å². The van der Waals surface area contributed by atoms with Crippen LogP contribution in [-0.2, 0) is 15.1 Å². The first-order valence-corrected chi connectivity index (χ1v) is 5.83. The average Bonchev–Trinajstić information content (AvgIpc) is 2.60. The highest BCUT2D eigenvalue weighted by molar-refractivity contribution is 5.95. The van der Waals surface area contributed by atoms with Gasteiger partial charge in [-0.3, -0.25) is 0 Å². The van der Waals surface area contributed by atoms with Crippen LogP contribution in [0.4, 0.5) is 0 Å². The van der Waals surface area contributed by atoms with E-state index in [1.54, 1.807) is 6.07 Å². The van der Waals surface area contributed by atoms with E-state index in [9.17, 15) is 4.79 Å². The molecule has 1 fully saturated rings. The number of carbonyl (C=O) groups excluding carboxylic acids is 1. The molecule has 17 heavy (non-hydrogen) atoms. The third-order valence-corrected chi connectivity index (χ3v) is 3.13. The number of fused-ring (bicyclic) bond motifs is 2. The van der Waals surface area contributed by atoms with Gasteiger partial charge in [0.2, 0.25) is 0 Å². The number of benzene rings is 1. The predicted molar refractivity (Wildman–Crippen MR) is 60.1 cm³/mol. The molecule has 0 unspecified atom stereocenters. The second-order valence-electron chi connectivity index (χ2n) is 4.43. The molecule has 0 atom stereocenters. The zero-order valence-electron chi connectivity index (χ0n) is 9.69. The Bertz CT molecular complexity index is 462. The summed E-state index contributed by atoms with van der Waals surface area (Å²) < 4.78 is 16.1.